The summed E-state index contributed by atoms with van der Waals surface area (Å²) in [5.41, 5.74) is 0. The molecule has 81 valence electrons. The number of hydrogen-bond acceptors (Lipinski definition) is 3. The zero-order valence-electron chi connectivity index (χ0n) is 8.40. The molecular weight excluding hydrogens is 225 g/mol. The van der Waals surface area contributed by atoms with Crippen molar-refractivity contribution in [1.29, 1.82) is 0 Å². The van der Waals surface area contributed by atoms with Crippen molar-refractivity contribution in [1.82, 2.24) is 4.98 Å². The van der Waals surface area contributed by atoms with Gasteiger partial charge in [-0.05, 0) is 12.1 Å². The van der Waals surface area contributed by atoms with Crippen molar-refractivity contribution in [2.45, 2.75) is 19.2 Å². The van der Waals surface area contributed by atoms with Gasteiger partial charge in [0.05, 0.1) is 0 Å². The van der Waals surface area contributed by atoms with Crippen LogP contribution in [0.5, 0.6) is 0 Å². The maximum atomic E-state index is 10.4. The molecule has 0 atom stereocenters. The van der Waals surface area contributed by atoms with E-state index in [0.717, 1.165) is 20.1 Å². The van der Waals surface area contributed by atoms with E-state index < -0.39 is 0 Å². The molecule has 14 heavy (non-hydrogen) atoms. The quantitative estimate of drug-likeness (QED) is 0.815. The van der Waals surface area contributed by atoms with Crippen molar-refractivity contribution in [3.8, 4) is 0 Å². The van der Waals surface area contributed by atoms with Crippen LogP contribution in [0.3, 0.4) is 0 Å². The van der Waals surface area contributed by atoms with E-state index in [-0.39, 0.29) is 4.90 Å². The molecule has 0 fully saturated rings. The van der Waals surface area contributed by atoms with Crippen molar-refractivity contribution >= 4 is 4.90 Å². The number of rotatable bonds is 3. The van der Waals surface area contributed by atoms with Gasteiger partial charge in [-0.2, -0.15) is 0 Å². The Balaban J connectivity index is 0.000000249. The van der Waals surface area contributed by atoms with E-state index in [4.69, 9.17) is 0 Å². The Hall–Kier alpha value is -0.874. The third-order valence-corrected chi connectivity index (χ3v) is 1.85. The van der Waals surface area contributed by atoms with Crippen LogP contribution in [0, 0.1) is 0 Å². The van der Waals surface area contributed by atoms with Gasteiger partial charge in [0.2, 0.25) is 0 Å². The summed E-state index contributed by atoms with van der Waals surface area (Å²) in [6.07, 6.45) is 3.50. The van der Waals surface area contributed by atoms with Gasteiger partial charge < -0.3 is 0 Å². The Morgan fingerprint density at radius 3 is 2.21 bits per heavy atom. The second-order valence-corrected chi connectivity index (χ2v) is 3.56. The molecule has 0 aliphatic carbocycles. The topological polar surface area (TPSA) is 39.2 Å². The maximum Gasteiger partial charge on any atom is 0.0267 e. The van der Waals surface area contributed by atoms with E-state index in [9.17, 15) is 4.79 Å². The second-order valence-electron chi connectivity index (χ2n) is 2.03. The van der Waals surface area contributed by atoms with Crippen molar-refractivity contribution in [2.24, 2.45) is 0 Å². The minimum Gasteiger partial charge on any atom is -0.265 e. The van der Waals surface area contributed by atoms with Gasteiger partial charge in [-0.15, -0.1) is 0 Å². The van der Waals surface area contributed by atoms with E-state index in [0.29, 0.717) is 6.61 Å². The molecule has 1 heterocycles. The Morgan fingerprint density at radius 2 is 1.93 bits per heavy atom. The molecule has 0 saturated heterocycles. The fraction of sp³-hybridized carbons (Fsp3) is 0.400. The van der Waals surface area contributed by atoms with Gasteiger partial charge in [-0.25, -0.2) is 0 Å². The molecule has 1 aromatic rings. The zero-order valence-corrected chi connectivity index (χ0v) is 9.44. The Labute approximate surface area is 90.9 Å². The Morgan fingerprint density at radius 1 is 1.29 bits per heavy atom. The number of ether oxygens (including phenoxy) is 1. The summed E-state index contributed by atoms with van der Waals surface area (Å²) in [6, 6.07) is 5.72. The summed E-state index contributed by atoms with van der Waals surface area (Å²) in [4.78, 5) is 14.1. The predicted molar refractivity (Wildman–Crippen MR) is 51.7 cm³/mol. The summed E-state index contributed by atoms with van der Waals surface area (Å²) >= 11 is 0.791. The van der Waals surface area contributed by atoms with Crippen LogP contribution >= 0.6 is 0 Å². The van der Waals surface area contributed by atoms with Gasteiger partial charge >= 0.3 is 54.9 Å². The smallest absolute Gasteiger partial charge is 0.0267 e. The van der Waals surface area contributed by atoms with Crippen LogP contribution in [0.15, 0.2) is 30.6 Å². The van der Waals surface area contributed by atoms with Crippen LogP contribution in [-0.4, -0.2) is 16.5 Å². The second kappa shape index (κ2) is 10.2. The Bertz CT molecular complexity index is 194. The van der Waals surface area contributed by atoms with Crippen LogP contribution in [0.1, 0.15) is 13.8 Å². The third-order valence-electron chi connectivity index (χ3n) is 1.03. The average molecular weight is 240 g/mol. The first kappa shape index (κ1) is 13.1. The number of nitrogens with zero attached hydrogens (tertiary/aromatic N) is 1. The molecule has 0 aliphatic rings. The molecule has 0 aromatic carbocycles. The number of pyridine rings is 1. The molecule has 0 bridgehead atoms. The number of aromatic nitrogens is 1. The zero-order chi connectivity index (χ0) is 10.6. The van der Waals surface area contributed by atoms with Crippen molar-refractivity contribution in [3.05, 3.63) is 30.6 Å². The summed E-state index contributed by atoms with van der Waals surface area (Å²) in [5, 5.41) is 0.843. The molecule has 4 heteroatoms. The minimum absolute atomic E-state index is 0.119. The maximum absolute atomic E-state index is 10.4. The van der Waals surface area contributed by atoms with Crippen LogP contribution in [-0.2, 0) is 19.4 Å². The molecule has 0 saturated carbocycles. The molecule has 1 aromatic heterocycles. The molecule has 0 amide bonds. The third kappa shape index (κ3) is 9.22. The fourth-order valence-corrected chi connectivity index (χ4v) is 1.11. The molecule has 0 aliphatic heterocycles. The van der Waals surface area contributed by atoms with E-state index in [2.05, 4.69) is 9.72 Å². The van der Waals surface area contributed by atoms with Gasteiger partial charge in [0, 0.05) is 12.4 Å². The first-order chi connectivity index (χ1) is 6.81. The van der Waals surface area contributed by atoms with E-state index >= 15 is 0 Å². The van der Waals surface area contributed by atoms with Crippen LogP contribution in [0.25, 0.3) is 0 Å². The van der Waals surface area contributed by atoms with Gasteiger partial charge in [-0.3, -0.25) is 4.98 Å². The molecule has 0 radical (unpaired) electrons. The van der Waals surface area contributed by atoms with Crippen molar-refractivity contribution in [2.75, 3.05) is 6.61 Å². The van der Waals surface area contributed by atoms with Crippen LogP contribution < -0.4 is 0 Å². The Kier molecular flexibility index (Phi) is 9.57. The fourth-order valence-electron chi connectivity index (χ4n) is 0.550. The van der Waals surface area contributed by atoms with Crippen LogP contribution in [0.4, 0.5) is 4.79 Å². The summed E-state index contributed by atoms with van der Waals surface area (Å²) in [6.45, 7) is 4.24. The largest absolute Gasteiger partial charge is 0.265 e. The molecule has 0 spiro atoms. The normalized spacial score (nSPS) is 8.71. The van der Waals surface area contributed by atoms with E-state index in [1.807, 2.05) is 32.0 Å². The van der Waals surface area contributed by atoms with Crippen molar-refractivity contribution < 1.29 is 24.2 Å². The monoisotopic (exact) mass is 240 g/mol. The molecule has 0 unspecified atom stereocenters. The number of carbonyl (C=O) groups is 1. The summed E-state index contributed by atoms with van der Waals surface area (Å²) in [7, 11) is 0. The predicted octanol–water partition coefficient (Wildman–Crippen LogP) is 2.75. The molecular formula is C10H15CoNO2. The summed E-state index contributed by atoms with van der Waals surface area (Å²) in [5.74, 6) is 0. The van der Waals surface area contributed by atoms with Gasteiger partial charge in [-0.1, -0.05) is 6.07 Å². The van der Waals surface area contributed by atoms with E-state index in [1.54, 1.807) is 12.4 Å². The standard InChI is InChI=1S/C5H5N.C3H5O2.C2H5.Co/c1-2-4-6-5-3-1;1-2-5-3-4;1-2;/h1-5H;2H2,1H3;1H2,2H3;. The average Bonchev–Trinajstić information content (AvgIpc) is 2.22. The number of carbonyl (C=O) groups excluding carboxylic acids is 1. The minimum atomic E-state index is -0.119. The molecule has 1 rings (SSSR count). The van der Waals surface area contributed by atoms with Gasteiger partial charge in [0.15, 0.2) is 0 Å². The molecule has 3 nitrogen and oxygen atoms in total. The van der Waals surface area contributed by atoms with Gasteiger partial charge in [0.1, 0.15) is 0 Å². The van der Waals surface area contributed by atoms with Crippen LogP contribution in [0.2, 0.25) is 5.36 Å². The van der Waals surface area contributed by atoms with E-state index in [1.165, 1.54) is 0 Å². The SMILES string of the molecule is CCO[C](=O)[Co][CH2]C.c1ccncc1. The molecule has 0 N–H and O–H groups in total. The first-order valence-corrected chi connectivity index (χ1v) is 5.62. The first-order valence-electron chi connectivity index (χ1n) is 4.36. The van der Waals surface area contributed by atoms with Crippen molar-refractivity contribution in [3.63, 3.8) is 0 Å². The van der Waals surface area contributed by atoms with Gasteiger partial charge in [0.25, 0.3) is 0 Å². The number of hydrogen-bond donors (Lipinski definition) is 0. The summed E-state index contributed by atoms with van der Waals surface area (Å²) < 4.78 is 4.63.